The van der Waals surface area contributed by atoms with Gasteiger partial charge in [0, 0.05) is 0 Å². The molecule has 0 spiro atoms. The monoisotopic (exact) mass is 470 g/mol. The minimum absolute atomic E-state index is 0. The minimum atomic E-state index is -4.31. The van der Waals surface area contributed by atoms with E-state index in [1.54, 1.807) is 24.3 Å². The first-order valence-electron chi connectivity index (χ1n) is 11.5. The molecular weight excluding hydrogens is 435 g/mol. The number of hydrogen-bond donors (Lipinski definition) is 1. The standard InChI is InChI=1S/C25H36O5S.Na/c1-2-3-4-5-6-7-8-9-10-11-12-15-21-20-22(18-19-25(21)31(27,28)29)30-24-17-14-13-16-23(24)26;/h13-14,16-20,26H,2-12,15H2,1H3,(H,27,28,29);/q;+1/p-1. The Morgan fingerprint density at radius 3 is 1.97 bits per heavy atom. The SMILES string of the molecule is CCCCCCCCCCCCCc1cc(Oc2ccccc2[O-])ccc1S(=O)(=O)O.[Na+]. The van der Waals surface area contributed by atoms with Crippen LogP contribution in [-0.2, 0) is 16.5 Å². The molecule has 0 heterocycles. The van der Waals surface area contributed by atoms with Crippen molar-refractivity contribution in [3.05, 3.63) is 48.0 Å². The van der Waals surface area contributed by atoms with Crippen LogP contribution in [0, 0.1) is 0 Å². The van der Waals surface area contributed by atoms with Gasteiger partial charge in [-0.2, -0.15) is 8.42 Å². The van der Waals surface area contributed by atoms with Crippen molar-refractivity contribution in [2.45, 2.75) is 88.9 Å². The van der Waals surface area contributed by atoms with Gasteiger partial charge in [-0.05, 0) is 42.7 Å². The van der Waals surface area contributed by atoms with Crippen molar-refractivity contribution in [3.63, 3.8) is 0 Å². The van der Waals surface area contributed by atoms with Crippen molar-refractivity contribution in [1.82, 2.24) is 0 Å². The topological polar surface area (TPSA) is 86.7 Å². The molecule has 0 amide bonds. The summed E-state index contributed by atoms with van der Waals surface area (Å²) in [6, 6.07) is 10.7. The van der Waals surface area contributed by atoms with E-state index in [1.165, 1.54) is 69.6 Å². The Hall–Kier alpha value is -1.05. The molecule has 0 radical (unpaired) electrons. The smallest absolute Gasteiger partial charge is 0.870 e. The van der Waals surface area contributed by atoms with Gasteiger partial charge >= 0.3 is 29.6 Å². The van der Waals surface area contributed by atoms with Crippen molar-refractivity contribution in [2.24, 2.45) is 0 Å². The van der Waals surface area contributed by atoms with Crippen LogP contribution < -0.4 is 39.4 Å². The van der Waals surface area contributed by atoms with Gasteiger partial charge in [0.1, 0.15) is 11.5 Å². The summed E-state index contributed by atoms with van der Waals surface area (Å²) >= 11 is 0. The number of unbranched alkanes of at least 4 members (excludes halogenated alkanes) is 10. The van der Waals surface area contributed by atoms with Crippen molar-refractivity contribution in [2.75, 3.05) is 0 Å². The Balaban J connectivity index is 0.00000512. The fraction of sp³-hybridized carbons (Fsp3) is 0.520. The van der Waals surface area contributed by atoms with E-state index in [4.69, 9.17) is 4.74 Å². The van der Waals surface area contributed by atoms with E-state index in [0.717, 1.165) is 19.3 Å². The Morgan fingerprint density at radius 1 is 0.844 bits per heavy atom. The van der Waals surface area contributed by atoms with Gasteiger partial charge in [0.05, 0.1) is 4.90 Å². The second-order valence-electron chi connectivity index (χ2n) is 8.08. The number of para-hydroxylation sites is 2. The predicted molar refractivity (Wildman–Crippen MR) is 122 cm³/mol. The summed E-state index contributed by atoms with van der Waals surface area (Å²) in [4.78, 5) is -0.0951. The number of rotatable bonds is 15. The van der Waals surface area contributed by atoms with Crippen LogP contribution in [0.1, 0.15) is 83.1 Å². The van der Waals surface area contributed by atoms with Gasteiger partial charge in [-0.1, -0.05) is 95.1 Å². The summed E-state index contributed by atoms with van der Waals surface area (Å²) in [7, 11) is -4.31. The first-order valence-corrected chi connectivity index (χ1v) is 12.9. The zero-order valence-electron chi connectivity index (χ0n) is 19.5. The maximum Gasteiger partial charge on any atom is 1.00 e. The third-order valence-corrected chi connectivity index (χ3v) is 6.39. The predicted octanol–water partition coefficient (Wildman–Crippen LogP) is 3.66. The fourth-order valence-corrected chi connectivity index (χ4v) is 4.44. The van der Waals surface area contributed by atoms with Gasteiger partial charge in [0.25, 0.3) is 10.1 Å². The van der Waals surface area contributed by atoms with Gasteiger partial charge in [0.2, 0.25) is 0 Å². The zero-order valence-corrected chi connectivity index (χ0v) is 22.3. The van der Waals surface area contributed by atoms with Crippen LogP contribution >= 0.6 is 0 Å². The summed E-state index contributed by atoms with van der Waals surface area (Å²) in [5.41, 5.74) is 0.513. The summed E-state index contributed by atoms with van der Waals surface area (Å²) < 4.78 is 38.7. The van der Waals surface area contributed by atoms with Gasteiger partial charge < -0.3 is 9.84 Å². The van der Waals surface area contributed by atoms with Gasteiger partial charge in [-0.25, -0.2) is 0 Å². The van der Waals surface area contributed by atoms with Crippen LogP contribution in [-0.4, -0.2) is 13.0 Å². The molecule has 0 aromatic heterocycles. The Morgan fingerprint density at radius 2 is 1.41 bits per heavy atom. The maximum atomic E-state index is 11.9. The molecule has 0 saturated heterocycles. The van der Waals surface area contributed by atoms with E-state index in [2.05, 4.69) is 6.92 Å². The van der Waals surface area contributed by atoms with E-state index in [-0.39, 0.29) is 46.0 Å². The molecule has 5 nitrogen and oxygen atoms in total. The minimum Gasteiger partial charge on any atom is -0.870 e. The Labute approximate surface area is 215 Å². The number of hydrogen-bond acceptors (Lipinski definition) is 4. The number of aryl methyl sites for hydroxylation is 1. The molecule has 0 aliphatic heterocycles. The van der Waals surface area contributed by atoms with Crippen LogP contribution in [0.25, 0.3) is 0 Å². The van der Waals surface area contributed by atoms with E-state index >= 15 is 0 Å². The molecule has 0 fully saturated rings. The quantitative estimate of drug-likeness (QED) is 0.244. The van der Waals surface area contributed by atoms with Gasteiger partial charge in [0.15, 0.2) is 0 Å². The van der Waals surface area contributed by atoms with Crippen molar-refractivity contribution >= 4 is 10.1 Å². The van der Waals surface area contributed by atoms with Crippen LogP contribution in [0.4, 0.5) is 0 Å². The zero-order chi connectivity index (χ0) is 22.5. The van der Waals surface area contributed by atoms with Crippen LogP contribution in [0.15, 0.2) is 47.4 Å². The molecule has 0 unspecified atom stereocenters. The number of benzene rings is 2. The molecule has 0 atom stereocenters. The van der Waals surface area contributed by atoms with E-state index < -0.39 is 10.1 Å². The molecule has 0 saturated carbocycles. The first-order chi connectivity index (χ1) is 14.9. The summed E-state index contributed by atoms with van der Waals surface area (Å²) in [6.07, 6.45) is 13.8. The molecule has 2 aromatic rings. The van der Waals surface area contributed by atoms with Crippen LogP contribution in [0.5, 0.6) is 17.2 Å². The van der Waals surface area contributed by atoms with E-state index in [0.29, 0.717) is 17.7 Å². The van der Waals surface area contributed by atoms with Crippen molar-refractivity contribution in [1.29, 1.82) is 0 Å². The molecule has 2 rings (SSSR count). The van der Waals surface area contributed by atoms with E-state index in [9.17, 15) is 18.1 Å². The van der Waals surface area contributed by atoms with E-state index in [1.807, 2.05) is 0 Å². The normalized spacial score (nSPS) is 11.2. The second-order valence-corrected chi connectivity index (χ2v) is 9.47. The first kappa shape index (κ1) is 29.0. The molecule has 7 heteroatoms. The number of ether oxygens (including phenoxy) is 1. The maximum absolute atomic E-state index is 11.9. The molecule has 172 valence electrons. The molecular formula is C25H35NaO5S. The second kappa shape index (κ2) is 15.7. The van der Waals surface area contributed by atoms with Crippen molar-refractivity contribution < 1.29 is 52.4 Å². The molecule has 0 aliphatic rings. The average molecular weight is 471 g/mol. The fourth-order valence-electron chi connectivity index (χ4n) is 3.71. The molecule has 2 aromatic carbocycles. The van der Waals surface area contributed by atoms with Crippen LogP contribution in [0.3, 0.4) is 0 Å². The summed E-state index contributed by atoms with van der Waals surface area (Å²) in [5.74, 6) is 0.324. The third-order valence-electron chi connectivity index (χ3n) is 5.44. The largest absolute Gasteiger partial charge is 1.00 e. The molecule has 1 N–H and O–H groups in total. The Bertz CT molecular complexity index is 899. The van der Waals surface area contributed by atoms with Crippen molar-refractivity contribution in [3.8, 4) is 17.2 Å². The van der Waals surface area contributed by atoms with Gasteiger partial charge in [-0.3, -0.25) is 4.55 Å². The summed E-state index contributed by atoms with van der Waals surface area (Å²) in [6.45, 7) is 2.23. The molecule has 32 heavy (non-hydrogen) atoms. The summed E-state index contributed by atoms with van der Waals surface area (Å²) in [5, 5.41) is 11.9. The average Bonchev–Trinajstić information content (AvgIpc) is 2.73. The third kappa shape index (κ3) is 10.7. The van der Waals surface area contributed by atoms with Gasteiger partial charge in [-0.15, -0.1) is 0 Å². The Kier molecular flexibility index (Phi) is 14.2. The molecule has 0 aliphatic carbocycles. The molecule has 0 bridgehead atoms. The van der Waals surface area contributed by atoms with Crippen LogP contribution in [0.2, 0.25) is 0 Å².